The summed E-state index contributed by atoms with van der Waals surface area (Å²) in [6, 6.07) is 11.3. The monoisotopic (exact) mass is 360 g/mol. The number of carbonyl (C=O) groups is 1. The van der Waals surface area contributed by atoms with E-state index in [1.54, 1.807) is 11.9 Å². The quantitative estimate of drug-likeness (QED) is 0.823. The van der Waals surface area contributed by atoms with Gasteiger partial charge in [0.25, 0.3) is 0 Å². The lowest BCUT2D eigenvalue weighted by atomic mass is 9.86. The van der Waals surface area contributed by atoms with E-state index in [0.29, 0.717) is 5.56 Å². The minimum Gasteiger partial charge on any atom is -0.325 e. The molecule has 0 aliphatic rings. The predicted octanol–water partition coefficient (Wildman–Crippen LogP) is 4.89. The van der Waals surface area contributed by atoms with Crippen LogP contribution in [0.5, 0.6) is 0 Å². The number of likely N-dealkylation sites (N-methyl/N-ethyl adjacent to an activating group) is 1. The van der Waals surface area contributed by atoms with Gasteiger partial charge in [0, 0.05) is 11.7 Å². The third-order valence-electron chi connectivity index (χ3n) is 4.49. The zero-order valence-electron chi connectivity index (χ0n) is 15.9. The van der Waals surface area contributed by atoms with Gasteiger partial charge in [-0.2, -0.15) is 0 Å². The van der Waals surface area contributed by atoms with Crippen molar-refractivity contribution in [3.8, 4) is 0 Å². The normalized spacial score (nSPS) is 12.9. The Morgan fingerprint density at radius 2 is 1.77 bits per heavy atom. The summed E-state index contributed by atoms with van der Waals surface area (Å²) in [6.07, 6.45) is 0. The molecular weight excluding hydrogens is 334 g/mol. The van der Waals surface area contributed by atoms with Crippen LogP contribution in [0.3, 0.4) is 0 Å². The fourth-order valence-electron chi connectivity index (χ4n) is 2.83. The van der Waals surface area contributed by atoms with Crippen LogP contribution >= 0.6 is 0 Å². The number of anilines is 1. The molecule has 26 heavy (non-hydrogen) atoms. The first-order chi connectivity index (χ1) is 12.1. The summed E-state index contributed by atoms with van der Waals surface area (Å²) >= 11 is 0. The van der Waals surface area contributed by atoms with Crippen molar-refractivity contribution in [2.24, 2.45) is 0 Å². The third-order valence-corrected chi connectivity index (χ3v) is 4.49. The molecule has 140 valence electrons. The van der Waals surface area contributed by atoms with Crippen LogP contribution in [0.2, 0.25) is 0 Å². The molecular formula is C21H26F2N2O. The Kier molecular flexibility index (Phi) is 6.13. The topological polar surface area (TPSA) is 32.3 Å². The molecule has 3 nitrogen and oxygen atoms in total. The van der Waals surface area contributed by atoms with Gasteiger partial charge < -0.3 is 5.32 Å². The van der Waals surface area contributed by atoms with Crippen molar-refractivity contribution < 1.29 is 13.6 Å². The number of para-hydroxylation sites is 1. The van der Waals surface area contributed by atoms with Gasteiger partial charge in [-0.3, -0.25) is 9.69 Å². The molecule has 0 aliphatic carbocycles. The van der Waals surface area contributed by atoms with E-state index in [1.807, 2.05) is 31.2 Å². The molecule has 0 fully saturated rings. The van der Waals surface area contributed by atoms with Crippen LogP contribution in [0, 0.1) is 11.6 Å². The number of hydrogen-bond donors (Lipinski definition) is 1. The van der Waals surface area contributed by atoms with Gasteiger partial charge in [-0.1, -0.05) is 45.0 Å². The van der Waals surface area contributed by atoms with Crippen molar-refractivity contribution in [1.29, 1.82) is 0 Å². The zero-order chi connectivity index (χ0) is 19.5. The highest BCUT2D eigenvalue weighted by Crippen LogP contribution is 2.29. The van der Waals surface area contributed by atoms with Crippen LogP contribution in [0.1, 0.15) is 44.9 Å². The highest BCUT2D eigenvalue weighted by Gasteiger charge is 2.20. The Morgan fingerprint density at radius 3 is 2.38 bits per heavy atom. The molecule has 0 aliphatic heterocycles. The molecule has 1 N–H and O–H groups in total. The molecule has 0 bridgehead atoms. The van der Waals surface area contributed by atoms with Gasteiger partial charge in [0.1, 0.15) is 0 Å². The van der Waals surface area contributed by atoms with Crippen molar-refractivity contribution in [3.63, 3.8) is 0 Å². The van der Waals surface area contributed by atoms with Crippen molar-refractivity contribution >= 4 is 11.6 Å². The standard InChI is InChI=1S/C21H26F2N2O/c1-14(15-10-11-17(22)18(23)12-15)25(5)13-20(26)24-19-9-7-6-8-16(19)21(2,3)4/h6-12,14H,13H2,1-5H3,(H,24,26). The first-order valence-corrected chi connectivity index (χ1v) is 8.64. The van der Waals surface area contributed by atoms with Gasteiger partial charge in [-0.25, -0.2) is 8.78 Å². The van der Waals surface area contributed by atoms with Crippen LogP contribution in [0.25, 0.3) is 0 Å². The molecule has 2 aromatic rings. The van der Waals surface area contributed by atoms with E-state index in [2.05, 4.69) is 26.1 Å². The maximum Gasteiger partial charge on any atom is 0.238 e. The smallest absolute Gasteiger partial charge is 0.238 e. The lowest BCUT2D eigenvalue weighted by molar-refractivity contribution is -0.117. The van der Waals surface area contributed by atoms with E-state index in [4.69, 9.17) is 0 Å². The maximum absolute atomic E-state index is 13.4. The number of halogens is 2. The molecule has 0 radical (unpaired) electrons. The second kappa shape index (κ2) is 7.96. The van der Waals surface area contributed by atoms with Gasteiger partial charge in [-0.05, 0) is 48.7 Å². The van der Waals surface area contributed by atoms with Crippen LogP contribution in [-0.4, -0.2) is 24.4 Å². The first kappa shape index (κ1) is 20.0. The highest BCUT2D eigenvalue weighted by atomic mass is 19.2. The molecule has 2 aromatic carbocycles. The van der Waals surface area contributed by atoms with Crippen molar-refractivity contribution in [2.45, 2.75) is 39.2 Å². The lowest BCUT2D eigenvalue weighted by Crippen LogP contribution is -2.32. The molecule has 0 heterocycles. The van der Waals surface area contributed by atoms with Crippen LogP contribution in [-0.2, 0) is 10.2 Å². The van der Waals surface area contributed by atoms with E-state index >= 15 is 0 Å². The summed E-state index contributed by atoms with van der Waals surface area (Å²) in [5, 5.41) is 2.96. The Morgan fingerprint density at radius 1 is 1.12 bits per heavy atom. The van der Waals surface area contributed by atoms with Crippen molar-refractivity contribution in [1.82, 2.24) is 4.90 Å². The molecule has 1 unspecified atom stereocenters. The molecule has 0 aromatic heterocycles. The SMILES string of the molecule is CC(c1ccc(F)c(F)c1)N(C)CC(=O)Nc1ccccc1C(C)(C)C. The number of hydrogen-bond acceptors (Lipinski definition) is 2. The Balaban J connectivity index is 2.07. The summed E-state index contributed by atoms with van der Waals surface area (Å²) in [7, 11) is 1.78. The second-order valence-corrected chi connectivity index (χ2v) is 7.61. The van der Waals surface area contributed by atoms with Crippen molar-refractivity contribution in [3.05, 3.63) is 65.2 Å². The van der Waals surface area contributed by atoms with Crippen LogP contribution < -0.4 is 5.32 Å². The minimum atomic E-state index is -0.883. The molecule has 2 rings (SSSR count). The average Bonchev–Trinajstić information content (AvgIpc) is 2.56. The van der Waals surface area contributed by atoms with Crippen LogP contribution in [0.4, 0.5) is 14.5 Å². The van der Waals surface area contributed by atoms with E-state index in [-0.39, 0.29) is 23.9 Å². The van der Waals surface area contributed by atoms with Gasteiger partial charge in [0.15, 0.2) is 11.6 Å². The van der Waals surface area contributed by atoms with E-state index < -0.39 is 11.6 Å². The van der Waals surface area contributed by atoms with E-state index in [9.17, 15) is 13.6 Å². The molecule has 5 heteroatoms. The largest absolute Gasteiger partial charge is 0.325 e. The molecule has 0 saturated heterocycles. The number of benzene rings is 2. The van der Waals surface area contributed by atoms with Gasteiger partial charge in [0.05, 0.1) is 6.54 Å². The highest BCUT2D eigenvalue weighted by molar-refractivity contribution is 5.93. The zero-order valence-corrected chi connectivity index (χ0v) is 15.9. The third kappa shape index (κ3) is 4.88. The van der Waals surface area contributed by atoms with Gasteiger partial charge in [0.2, 0.25) is 5.91 Å². The van der Waals surface area contributed by atoms with Crippen molar-refractivity contribution in [2.75, 3.05) is 18.9 Å². The summed E-state index contributed by atoms with van der Waals surface area (Å²) in [5.41, 5.74) is 2.38. The molecule has 1 atom stereocenters. The number of carbonyl (C=O) groups excluding carboxylic acids is 1. The lowest BCUT2D eigenvalue weighted by Gasteiger charge is -2.26. The average molecular weight is 360 g/mol. The van der Waals surface area contributed by atoms with Gasteiger partial charge >= 0.3 is 0 Å². The number of nitrogens with zero attached hydrogens (tertiary/aromatic N) is 1. The summed E-state index contributed by atoms with van der Waals surface area (Å²) in [4.78, 5) is 14.3. The molecule has 0 spiro atoms. The van der Waals surface area contributed by atoms with E-state index in [0.717, 1.165) is 17.3 Å². The molecule has 1 amide bonds. The number of rotatable bonds is 5. The van der Waals surface area contributed by atoms with Crippen LogP contribution in [0.15, 0.2) is 42.5 Å². The van der Waals surface area contributed by atoms with Gasteiger partial charge in [-0.15, -0.1) is 0 Å². The predicted molar refractivity (Wildman–Crippen MR) is 101 cm³/mol. The minimum absolute atomic E-state index is 0.0886. The second-order valence-electron chi connectivity index (χ2n) is 7.61. The fraction of sp³-hybridized carbons (Fsp3) is 0.381. The number of nitrogens with one attached hydrogen (secondary N) is 1. The Hall–Kier alpha value is -2.27. The number of amides is 1. The Labute approximate surface area is 154 Å². The van der Waals surface area contributed by atoms with E-state index in [1.165, 1.54) is 12.1 Å². The summed E-state index contributed by atoms with van der Waals surface area (Å²) in [6.45, 7) is 8.27. The first-order valence-electron chi connectivity index (χ1n) is 8.64. The fourth-order valence-corrected chi connectivity index (χ4v) is 2.83. The maximum atomic E-state index is 13.4. The summed E-state index contributed by atoms with van der Waals surface area (Å²) in [5.74, 6) is -1.91. The molecule has 0 saturated carbocycles. The summed E-state index contributed by atoms with van der Waals surface area (Å²) < 4.78 is 26.5. The Bertz CT molecular complexity index is 784.